The number of ether oxygens (including phenoxy) is 2. The second-order valence-corrected chi connectivity index (χ2v) is 8.37. The molecule has 0 radical (unpaired) electrons. The molecule has 1 fully saturated rings. The van der Waals surface area contributed by atoms with Gasteiger partial charge < -0.3 is 9.47 Å². The van der Waals surface area contributed by atoms with Crippen LogP contribution in [0, 0.1) is 11.6 Å². The molecule has 0 spiro atoms. The maximum atomic E-state index is 13.2. The highest BCUT2D eigenvalue weighted by atomic mass is 32.2. The van der Waals surface area contributed by atoms with Crippen molar-refractivity contribution in [2.75, 3.05) is 13.7 Å². The van der Waals surface area contributed by atoms with Gasteiger partial charge in [-0.25, -0.2) is 13.8 Å². The summed E-state index contributed by atoms with van der Waals surface area (Å²) in [6, 6.07) is 17.3. The molecule has 0 aliphatic carbocycles. The Labute approximate surface area is 200 Å². The Bertz CT molecular complexity index is 1240. The molecule has 1 aliphatic rings. The van der Waals surface area contributed by atoms with Crippen LogP contribution in [0.15, 0.2) is 76.6 Å². The van der Waals surface area contributed by atoms with Crippen LogP contribution in [0.5, 0.6) is 11.5 Å². The van der Waals surface area contributed by atoms with Gasteiger partial charge in [-0.2, -0.15) is 0 Å². The average molecular weight is 481 g/mol. The Morgan fingerprint density at radius 3 is 2.29 bits per heavy atom. The van der Waals surface area contributed by atoms with E-state index in [0.717, 1.165) is 11.1 Å². The monoisotopic (exact) mass is 480 g/mol. The molecule has 0 atom stereocenters. The fourth-order valence-electron chi connectivity index (χ4n) is 3.28. The minimum absolute atomic E-state index is 0.149. The molecule has 5 nitrogen and oxygen atoms in total. The van der Waals surface area contributed by atoms with Crippen LogP contribution in [-0.2, 0) is 11.4 Å². The Morgan fingerprint density at radius 2 is 1.65 bits per heavy atom. The second-order valence-electron chi connectivity index (χ2n) is 7.36. The van der Waals surface area contributed by atoms with Gasteiger partial charge in [0.05, 0.1) is 17.7 Å². The Morgan fingerprint density at radius 1 is 0.971 bits per heavy atom. The predicted octanol–water partition coefficient (Wildman–Crippen LogP) is 6.18. The number of carbonyl (C=O) groups is 1. The maximum Gasteiger partial charge on any atom is 0.266 e. The van der Waals surface area contributed by atoms with E-state index < -0.39 is 0 Å². The van der Waals surface area contributed by atoms with Gasteiger partial charge in [-0.3, -0.25) is 9.69 Å². The van der Waals surface area contributed by atoms with Crippen molar-refractivity contribution in [3.05, 3.63) is 94.4 Å². The summed E-state index contributed by atoms with van der Waals surface area (Å²) in [6.45, 7) is 2.60. The summed E-state index contributed by atoms with van der Waals surface area (Å²) in [4.78, 5) is 19.5. The van der Waals surface area contributed by atoms with Gasteiger partial charge >= 0.3 is 0 Å². The van der Waals surface area contributed by atoms with Gasteiger partial charge in [0.1, 0.15) is 18.2 Å². The predicted molar refractivity (Wildman–Crippen MR) is 130 cm³/mol. The average Bonchev–Trinajstić information content (AvgIpc) is 3.14. The number of amides is 1. The van der Waals surface area contributed by atoms with Crippen molar-refractivity contribution in [2.24, 2.45) is 4.99 Å². The van der Waals surface area contributed by atoms with Crippen molar-refractivity contribution < 1.29 is 23.0 Å². The first-order chi connectivity index (χ1) is 16.5. The standard InChI is InChI=1S/C26H22F2N2O3S/c1-3-30-25(31)24(34-26(30)29-21-11-9-20(28)10-12-21)15-18-6-13-22(23(14-18)32-2)33-16-17-4-7-19(27)8-5-17/h4-15H,3,16H2,1-2H3/b24-15+,29-26?. The smallest absolute Gasteiger partial charge is 0.266 e. The highest BCUT2D eigenvalue weighted by Gasteiger charge is 2.32. The van der Waals surface area contributed by atoms with Crippen LogP contribution in [0.25, 0.3) is 6.08 Å². The van der Waals surface area contributed by atoms with E-state index in [-0.39, 0.29) is 24.1 Å². The van der Waals surface area contributed by atoms with Crippen LogP contribution in [0.4, 0.5) is 14.5 Å². The molecular formula is C26H22F2N2O3S. The fourth-order valence-corrected chi connectivity index (χ4v) is 4.35. The normalized spacial score (nSPS) is 15.9. The number of halogens is 2. The number of likely N-dealkylation sites (N-methyl/N-ethyl adjacent to an activating group) is 1. The molecule has 0 bridgehead atoms. The molecule has 8 heteroatoms. The zero-order valence-electron chi connectivity index (χ0n) is 18.6. The number of thioether (sulfide) groups is 1. The minimum atomic E-state index is -0.342. The summed E-state index contributed by atoms with van der Waals surface area (Å²) >= 11 is 1.26. The van der Waals surface area contributed by atoms with Crippen LogP contribution in [0.2, 0.25) is 0 Å². The van der Waals surface area contributed by atoms with Crippen molar-refractivity contribution in [1.29, 1.82) is 0 Å². The van der Waals surface area contributed by atoms with E-state index in [4.69, 9.17) is 9.47 Å². The van der Waals surface area contributed by atoms with Gasteiger partial charge in [-0.15, -0.1) is 0 Å². The molecule has 1 saturated heterocycles. The molecule has 1 heterocycles. The summed E-state index contributed by atoms with van der Waals surface area (Å²) in [5.74, 6) is 0.258. The molecule has 34 heavy (non-hydrogen) atoms. The summed E-state index contributed by atoms with van der Waals surface area (Å²) in [6.07, 6.45) is 1.77. The lowest BCUT2D eigenvalue weighted by atomic mass is 10.1. The lowest BCUT2D eigenvalue weighted by Gasteiger charge is -2.12. The molecule has 1 aliphatic heterocycles. The quantitative estimate of drug-likeness (QED) is 0.379. The third-order valence-electron chi connectivity index (χ3n) is 5.05. The van der Waals surface area contributed by atoms with E-state index in [9.17, 15) is 13.6 Å². The van der Waals surface area contributed by atoms with Gasteiger partial charge in [0.2, 0.25) is 0 Å². The number of rotatable bonds is 7. The van der Waals surface area contributed by atoms with E-state index in [0.29, 0.717) is 33.8 Å². The highest BCUT2D eigenvalue weighted by molar-refractivity contribution is 8.18. The second kappa shape index (κ2) is 10.5. The first-order valence-electron chi connectivity index (χ1n) is 10.6. The molecule has 0 unspecified atom stereocenters. The third-order valence-corrected chi connectivity index (χ3v) is 6.06. The van der Waals surface area contributed by atoms with Crippen LogP contribution in [0.1, 0.15) is 18.1 Å². The minimum Gasteiger partial charge on any atom is -0.493 e. The molecule has 3 aromatic rings. The van der Waals surface area contributed by atoms with E-state index in [2.05, 4.69) is 4.99 Å². The fraction of sp³-hybridized carbons (Fsp3) is 0.154. The number of amidine groups is 1. The molecule has 0 aromatic heterocycles. The Kier molecular flexibility index (Phi) is 7.27. The Balaban J connectivity index is 1.53. The zero-order valence-corrected chi connectivity index (χ0v) is 19.4. The number of hydrogen-bond acceptors (Lipinski definition) is 5. The van der Waals surface area contributed by atoms with Crippen LogP contribution in [-0.4, -0.2) is 29.6 Å². The van der Waals surface area contributed by atoms with E-state index in [1.807, 2.05) is 13.0 Å². The van der Waals surface area contributed by atoms with Crippen molar-refractivity contribution in [1.82, 2.24) is 4.90 Å². The van der Waals surface area contributed by atoms with Crippen molar-refractivity contribution in [2.45, 2.75) is 13.5 Å². The van der Waals surface area contributed by atoms with E-state index >= 15 is 0 Å². The van der Waals surface area contributed by atoms with Crippen molar-refractivity contribution in [3.63, 3.8) is 0 Å². The van der Waals surface area contributed by atoms with Crippen LogP contribution >= 0.6 is 11.8 Å². The first kappa shape index (κ1) is 23.5. The van der Waals surface area contributed by atoms with Crippen LogP contribution < -0.4 is 9.47 Å². The summed E-state index contributed by atoms with van der Waals surface area (Å²) in [5.41, 5.74) is 2.16. The number of aliphatic imine (C=N–C) groups is 1. The summed E-state index contributed by atoms with van der Waals surface area (Å²) in [5, 5.41) is 0.538. The number of methoxy groups -OCH3 is 1. The lowest BCUT2D eigenvalue weighted by Crippen LogP contribution is -2.28. The van der Waals surface area contributed by atoms with Gasteiger partial charge in [0, 0.05) is 6.54 Å². The maximum absolute atomic E-state index is 13.2. The SMILES string of the molecule is CCN1C(=O)/C(=C\c2ccc(OCc3ccc(F)cc3)c(OC)c2)SC1=Nc1ccc(F)cc1. The topological polar surface area (TPSA) is 51.1 Å². The molecular weight excluding hydrogens is 458 g/mol. The summed E-state index contributed by atoms with van der Waals surface area (Å²) < 4.78 is 37.6. The number of hydrogen-bond donors (Lipinski definition) is 0. The number of benzene rings is 3. The molecule has 3 aromatic carbocycles. The Hall–Kier alpha value is -3.65. The molecule has 0 saturated carbocycles. The zero-order chi connectivity index (χ0) is 24.1. The summed E-state index contributed by atoms with van der Waals surface area (Å²) in [7, 11) is 1.54. The molecule has 174 valence electrons. The van der Waals surface area contributed by atoms with Gasteiger partial charge in [-0.05, 0) is 84.4 Å². The van der Waals surface area contributed by atoms with Gasteiger partial charge in [0.25, 0.3) is 5.91 Å². The first-order valence-corrected chi connectivity index (χ1v) is 11.4. The van der Waals surface area contributed by atoms with E-state index in [1.165, 1.54) is 36.0 Å². The van der Waals surface area contributed by atoms with Gasteiger partial charge in [-0.1, -0.05) is 18.2 Å². The van der Waals surface area contributed by atoms with Gasteiger partial charge in [0.15, 0.2) is 16.7 Å². The van der Waals surface area contributed by atoms with Crippen LogP contribution in [0.3, 0.4) is 0 Å². The molecule has 0 N–H and O–H groups in total. The van der Waals surface area contributed by atoms with Crippen molar-refractivity contribution in [3.8, 4) is 11.5 Å². The highest BCUT2D eigenvalue weighted by Crippen LogP contribution is 2.36. The molecule has 4 rings (SSSR count). The largest absolute Gasteiger partial charge is 0.493 e. The number of nitrogens with zero attached hydrogens (tertiary/aromatic N) is 2. The van der Waals surface area contributed by atoms with E-state index in [1.54, 1.807) is 54.5 Å². The van der Waals surface area contributed by atoms with Crippen molar-refractivity contribution >= 4 is 34.6 Å². The number of carbonyl (C=O) groups excluding carboxylic acids is 1. The molecule has 1 amide bonds. The lowest BCUT2D eigenvalue weighted by molar-refractivity contribution is -0.122. The third kappa shape index (κ3) is 5.46.